The Morgan fingerprint density at radius 3 is 2.27 bits per heavy atom. The Kier molecular flexibility index (Phi) is 7.17. The van der Waals surface area contributed by atoms with Crippen LogP contribution in [0.1, 0.15) is 29.5 Å². The molecular formula is C19H24ClFN2O2S. The summed E-state index contributed by atoms with van der Waals surface area (Å²) in [6.07, 6.45) is 2.52. The Bertz CT molecular complexity index is 835. The number of halogens is 2. The average Bonchev–Trinajstić information content (AvgIpc) is 3.07. The molecule has 2 aromatic carbocycles. The highest BCUT2D eigenvalue weighted by molar-refractivity contribution is 7.89. The van der Waals surface area contributed by atoms with Gasteiger partial charge in [0.1, 0.15) is 10.7 Å². The summed E-state index contributed by atoms with van der Waals surface area (Å²) in [5.41, 5.74) is 2.75. The van der Waals surface area contributed by atoms with E-state index in [9.17, 15) is 12.8 Å². The maximum absolute atomic E-state index is 13.9. The molecule has 1 heterocycles. The average molecular weight is 399 g/mol. The third-order valence-corrected chi connectivity index (χ3v) is 5.91. The van der Waals surface area contributed by atoms with Gasteiger partial charge in [0, 0.05) is 13.1 Å². The van der Waals surface area contributed by atoms with Crippen molar-refractivity contribution in [1.29, 1.82) is 0 Å². The second-order valence-electron chi connectivity index (χ2n) is 6.56. The van der Waals surface area contributed by atoms with E-state index in [1.807, 2.05) is 24.3 Å². The molecule has 3 rings (SSSR count). The first-order chi connectivity index (χ1) is 11.9. The molecule has 0 atom stereocenters. The number of aryl methyl sites for hydroxylation is 1. The summed E-state index contributed by atoms with van der Waals surface area (Å²) in [6, 6.07) is 12.0. The molecule has 1 fully saturated rings. The standard InChI is InChI=1S/C19H23FN2O2S.ClH/c1-15-4-9-19(18(20)12-15)25(23,24)21-13-16-5-7-17(8-6-16)14-22-10-2-3-11-22;/h4-9,12,21H,2-3,10-11,13-14H2,1H3;1H. The van der Waals surface area contributed by atoms with Gasteiger partial charge in [0.15, 0.2) is 0 Å². The lowest BCUT2D eigenvalue weighted by atomic mass is 10.1. The Labute approximate surface area is 160 Å². The normalized spacial score (nSPS) is 15.0. The number of sulfonamides is 1. The van der Waals surface area contributed by atoms with Crippen molar-refractivity contribution in [3.8, 4) is 0 Å². The van der Waals surface area contributed by atoms with Crippen LogP contribution in [-0.2, 0) is 23.1 Å². The molecule has 4 nitrogen and oxygen atoms in total. The molecule has 1 saturated heterocycles. The SMILES string of the molecule is Cc1ccc(S(=O)(=O)NCc2ccc(CN3CCCC3)cc2)c(F)c1.Cl. The molecule has 142 valence electrons. The Balaban J connectivity index is 0.00000243. The van der Waals surface area contributed by atoms with Crippen molar-refractivity contribution in [2.24, 2.45) is 0 Å². The number of nitrogens with zero attached hydrogens (tertiary/aromatic N) is 1. The van der Waals surface area contributed by atoms with Crippen molar-refractivity contribution in [2.75, 3.05) is 13.1 Å². The molecule has 0 aromatic heterocycles. The van der Waals surface area contributed by atoms with Crippen LogP contribution in [0.15, 0.2) is 47.4 Å². The van der Waals surface area contributed by atoms with Crippen molar-refractivity contribution in [3.63, 3.8) is 0 Å². The molecule has 7 heteroatoms. The van der Waals surface area contributed by atoms with Crippen molar-refractivity contribution in [1.82, 2.24) is 9.62 Å². The van der Waals surface area contributed by atoms with E-state index in [-0.39, 0.29) is 23.8 Å². The summed E-state index contributed by atoms with van der Waals surface area (Å²) < 4.78 is 40.9. The maximum Gasteiger partial charge on any atom is 0.243 e. The van der Waals surface area contributed by atoms with Gasteiger partial charge < -0.3 is 0 Å². The number of hydrogen-bond acceptors (Lipinski definition) is 3. The van der Waals surface area contributed by atoms with Crippen LogP contribution in [0, 0.1) is 12.7 Å². The number of likely N-dealkylation sites (tertiary alicyclic amines) is 1. The van der Waals surface area contributed by atoms with E-state index in [4.69, 9.17) is 0 Å². The maximum atomic E-state index is 13.9. The number of hydrogen-bond donors (Lipinski definition) is 1. The summed E-state index contributed by atoms with van der Waals surface area (Å²) in [7, 11) is -3.87. The molecule has 2 aromatic rings. The molecule has 0 spiro atoms. The van der Waals surface area contributed by atoms with Crippen molar-refractivity contribution >= 4 is 22.4 Å². The predicted molar refractivity (Wildman–Crippen MR) is 103 cm³/mol. The molecule has 0 saturated carbocycles. The third kappa shape index (κ3) is 5.27. The van der Waals surface area contributed by atoms with Crippen LogP contribution in [0.25, 0.3) is 0 Å². The fraction of sp³-hybridized carbons (Fsp3) is 0.368. The van der Waals surface area contributed by atoms with E-state index in [1.165, 1.54) is 30.5 Å². The van der Waals surface area contributed by atoms with E-state index in [1.54, 1.807) is 13.0 Å². The summed E-state index contributed by atoms with van der Waals surface area (Å²) in [4.78, 5) is 2.10. The highest BCUT2D eigenvalue weighted by atomic mass is 35.5. The largest absolute Gasteiger partial charge is 0.299 e. The summed E-state index contributed by atoms with van der Waals surface area (Å²) in [6.45, 7) is 5.07. The molecule has 0 radical (unpaired) electrons. The lowest BCUT2D eigenvalue weighted by Crippen LogP contribution is -2.24. The van der Waals surface area contributed by atoms with Gasteiger partial charge >= 0.3 is 0 Å². The van der Waals surface area contributed by atoms with Crippen LogP contribution in [0.4, 0.5) is 4.39 Å². The molecular weight excluding hydrogens is 375 g/mol. The van der Waals surface area contributed by atoms with Crippen LogP contribution < -0.4 is 4.72 Å². The Morgan fingerprint density at radius 1 is 1.04 bits per heavy atom. The van der Waals surface area contributed by atoms with Gasteiger partial charge in [0.2, 0.25) is 10.0 Å². The van der Waals surface area contributed by atoms with Gasteiger partial charge in [0.25, 0.3) is 0 Å². The quantitative estimate of drug-likeness (QED) is 0.808. The molecule has 26 heavy (non-hydrogen) atoms. The Hall–Kier alpha value is -1.47. The lowest BCUT2D eigenvalue weighted by Gasteiger charge is -2.14. The van der Waals surface area contributed by atoms with Crippen molar-refractivity contribution in [3.05, 3.63) is 65.0 Å². The van der Waals surface area contributed by atoms with Gasteiger partial charge in [0.05, 0.1) is 0 Å². The van der Waals surface area contributed by atoms with E-state index in [2.05, 4.69) is 9.62 Å². The zero-order chi connectivity index (χ0) is 17.9. The van der Waals surface area contributed by atoms with E-state index in [0.717, 1.165) is 25.2 Å². The molecule has 1 aliphatic heterocycles. The van der Waals surface area contributed by atoms with Gasteiger partial charge in [-0.3, -0.25) is 4.90 Å². The Morgan fingerprint density at radius 2 is 1.65 bits per heavy atom. The predicted octanol–water partition coefficient (Wildman–Crippen LogP) is 3.63. The zero-order valence-electron chi connectivity index (χ0n) is 14.7. The number of rotatable bonds is 6. The van der Waals surface area contributed by atoms with Crippen LogP contribution >= 0.6 is 12.4 Å². The minimum Gasteiger partial charge on any atom is -0.299 e. The molecule has 0 amide bonds. The highest BCUT2D eigenvalue weighted by Crippen LogP contribution is 2.17. The molecule has 1 aliphatic rings. The first-order valence-electron chi connectivity index (χ1n) is 8.50. The van der Waals surface area contributed by atoms with Crippen molar-refractivity contribution < 1.29 is 12.8 Å². The van der Waals surface area contributed by atoms with E-state index in [0.29, 0.717) is 5.56 Å². The first kappa shape index (κ1) is 20.8. The number of benzene rings is 2. The second-order valence-corrected chi connectivity index (χ2v) is 8.29. The smallest absolute Gasteiger partial charge is 0.243 e. The summed E-state index contributed by atoms with van der Waals surface area (Å²) in [5.74, 6) is -0.728. The van der Waals surface area contributed by atoms with E-state index < -0.39 is 15.8 Å². The van der Waals surface area contributed by atoms with Gasteiger partial charge in [-0.2, -0.15) is 0 Å². The second kappa shape index (κ2) is 8.95. The zero-order valence-corrected chi connectivity index (χ0v) is 16.4. The summed E-state index contributed by atoms with van der Waals surface area (Å²) in [5, 5.41) is 0. The molecule has 0 unspecified atom stereocenters. The van der Waals surface area contributed by atoms with Gasteiger partial charge in [-0.15, -0.1) is 12.4 Å². The minimum atomic E-state index is -3.87. The number of nitrogens with one attached hydrogen (secondary N) is 1. The monoisotopic (exact) mass is 398 g/mol. The highest BCUT2D eigenvalue weighted by Gasteiger charge is 2.18. The molecule has 0 bridgehead atoms. The van der Waals surface area contributed by atoms with Gasteiger partial charge in [-0.1, -0.05) is 30.3 Å². The molecule has 0 aliphatic carbocycles. The fourth-order valence-electron chi connectivity index (χ4n) is 3.04. The third-order valence-electron chi connectivity index (χ3n) is 4.47. The van der Waals surface area contributed by atoms with E-state index >= 15 is 0 Å². The lowest BCUT2D eigenvalue weighted by molar-refractivity contribution is 0.331. The van der Waals surface area contributed by atoms with Crippen molar-refractivity contribution in [2.45, 2.75) is 37.8 Å². The molecule has 1 N–H and O–H groups in total. The van der Waals surface area contributed by atoms with Crippen LogP contribution in [0.2, 0.25) is 0 Å². The first-order valence-corrected chi connectivity index (χ1v) is 9.98. The summed E-state index contributed by atoms with van der Waals surface area (Å²) >= 11 is 0. The van der Waals surface area contributed by atoms with Crippen LogP contribution in [0.3, 0.4) is 0 Å². The van der Waals surface area contributed by atoms with Crippen LogP contribution in [-0.4, -0.2) is 26.4 Å². The minimum absolute atomic E-state index is 0. The van der Waals surface area contributed by atoms with Crippen LogP contribution in [0.5, 0.6) is 0 Å². The fourth-order valence-corrected chi connectivity index (χ4v) is 4.12. The topological polar surface area (TPSA) is 49.4 Å². The van der Waals surface area contributed by atoms with Gasteiger partial charge in [-0.25, -0.2) is 17.5 Å². The van der Waals surface area contributed by atoms with Gasteiger partial charge in [-0.05, 0) is 61.7 Å².